The smallest absolute Gasteiger partial charge is 0.410 e. The van der Waals surface area contributed by atoms with Crippen molar-refractivity contribution in [2.45, 2.75) is 32.4 Å². The number of benzene rings is 2. The number of ether oxygens (including phenoxy) is 1. The Bertz CT molecular complexity index is 835. The minimum atomic E-state index is -1.09. The van der Waals surface area contributed by atoms with Crippen molar-refractivity contribution >= 4 is 22.8 Å². The zero-order chi connectivity index (χ0) is 19.6. The molecule has 1 fully saturated rings. The molecule has 3 rings (SSSR count). The first-order valence-electron chi connectivity index (χ1n) is 9.27. The van der Waals surface area contributed by atoms with Gasteiger partial charge in [0, 0.05) is 5.56 Å². The Hall–Kier alpha value is -2.60. The quantitative estimate of drug-likeness (QED) is 0.866. The summed E-state index contributed by atoms with van der Waals surface area (Å²) in [6.45, 7) is 7.48. The molecule has 6 nitrogen and oxygen atoms in total. The largest absolute Gasteiger partial charge is 0.544 e. The normalized spacial score (nSPS) is 16.9. The first-order chi connectivity index (χ1) is 12.7. The predicted molar refractivity (Wildman–Crippen MR) is 100 cm³/mol. The van der Waals surface area contributed by atoms with E-state index in [4.69, 9.17) is 4.74 Å². The Morgan fingerprint density at radius 1 is 1.07 bits per heavy atom. The van der Waals surface area contributed by atoms with Crippen molar-refractivity contribution in [3.8, 4) is 0 Å². The third kappa shape index (κ3) is 4.57. The van der Waals surface area contributed by atoms with E-state index < -0.39 is 17.6 Å². The molecule has 2 aromatic carbocycles. The van der Waals surface area contributed by atoms with Crippen LogP contribution in [-0.2, 0) is 9.53 Å². The molecule has 27 heavy (non-hydrogen) atoms. The van der Waals surface area contributed by atoms with Gasteiger partial charge in [0.25, 0.3) is 0 Å². The maximum Gasteiger partial charge on any atom is 0.410 e. The summed E-state index contributed by atoms with van der Waals surface area (Å²) >= 11 is 0. The van der Waals surface area contributed by atoms with E-state index in [-0.39, 0.29) is 6.09 Å². The monoisotopic (exact) mass is 370 g/mol. The fraction of sp³-hybridized carbons (Fsp3) is 0.429. The number of nitrogens with zero attached hydrogens (tertiary/aromatic N) is 1. The predicted octanol–water partition coefficient (Wildman–Crippen LogP) is 0.766. The second-order valence-corrected chi connectivity index (χ2v) is 7.98. The highest BCUT2D eigenvalue weighted by molar-refractivity contribution is 5.84. The van der Waals surface area contributed by atoms with Crippen LogP contribution in [0.25, 0.3) is 10.8 Å². The molecule has 1 amide bonds. The van der Waals surface area contributed by atoms with E-state index in [1.165, 1.54) is 0 Å². The first kappa shape index (κ1) is 19.2. The number of piperazine rings is 1. The third-order valence-corrected chi connectivity index (χ3v) is 4.81. The molecule has 1 heterocycles. The molecule has 0 bridgehead atoms. The molecule has 2 aromatic rings. The number of carbonyl (C=O) groups is 2. The summed E-state index contributed by atoms with van der Waals surface area (Å²) in [7, 11) is 0. The van der Waals surface area contributed by atoms with Crippen molar-refractivity contribution in [3.63, 3.8) is 0 Å². The van der Waals surface area contributed by atoms with Crippen molar-refractivity contribution < 1.29 is 24.3 Å². The number of carbonyl (C=O) groups excluding carboxylic acids is 2. The van der Waals surface area contributed by atoms with E-state index in [1.54, 1.807) is 4.90 Å². The summed E-state index contributed by atoms with van der Waals surface area (Å²) in [4.78, 5) is 26.6. The van der Waals surface area contributed by atoms with E-state index in [2.05, 4.69) is 0 Å². The summed E-state index contributed by atoms with van der Waals surface area (Å²) in [6, 6.07) is 12.8. The fourth-order valence-electron chi connectivity index (χ4n) is 3.52. The van der Waals surface area contributed by atoms with Crippen molar-refractivity contribution in [1.29, 1.82) is 0 Å². The summed E-state index contributed by atoms with van der Waals surface area (Å²) in [6.07, 6.45) is -0.350. The van der Waals surface area contributed by atoms with Crippen LogP contribution in [0.5, 0.6) is 0 Å². The first-order valence-corrected chi connectivity index (χ1v) is 9.27. The van der Waals surface area contributed by atoms with Crippen LogP contribution in [0.2, 0.25) is 0 Å². The lowest BCUT2D eigenvalue weighted by molar-refractivity contribution is -0.928. The minimum absolute atomic E-state index is 0.350. The van der Waals surface area contributed by atoms with Crippen LogP contribution in [0.1, 0.15) is 32.4 Å². The number of nitrogens with one attached hydrogen (secondary N) is 1. The fourth-order valence-corrected chi connectivity index (χ4v) is 3.52. The van der Waals surface area contributed by atoms with Gasteiger partial charge in [0.05, 0.1) is 26.2 Å². The van der Waals surface area contributed by atoms with Crippen LogP contribution < -0.4 is 10.0 Å². The molecule has 1 aliphatic heterocycles. The summed E-state index contributed by atoms with van der Waals surface area (Å²) < 4.78 is 5.40. The molecule has 0 saturated carbocycles. The van der Waals surface area contributed by atoms with Gasteiger partial charge >= 0.3 is 6.09 Å². The second-order valence-electron chi connectivity index (χ2n) is 7.98. The minimum Gasteiger partial charge on any atom is -0.544 e. The van der Waals surface area contributed by atoms with Crippen molar-refractivity contribution in [3.05, 3.63) is 48.0 Å². The maximum atomic E-state index is 12.2. The van der Waals surface area contributed by atoms with E-state index in [0.717, 1.165) is 21.2 Å². The van der Waals surface area contributed by atoms with Crippen molar-refractivity contribution in [1.82, 2.24) is 4.90 Å². The van der Waals surface area contributed by atoms with Gasteiger partial charge < -0.3 is 19.5 Å². The zero-order valence-electron chi connectivity index (χ0n) is 16.0. The number of hydrogen-bond donors (Lipinski definition) is 1. The van der Waals surface area contributed by atoms with Gasteiger partial charge in [-0.05, 0) is 37.6 Å². The number of carboxylic acids is 1. The summed E-state index contributed by atoms with van der Waals surface area (Å²) in [5.41, 5.74) is 0.189. The van der Waals surface area contributed by atoms with Crippen molar-refractivity contribution in [2.75, 3.05) is 26.2 Å². The van der Waals surface area contributed by atoms with Crippen LogP contribution >= 0.6 is 0 Å². The molecule has 0 aliphatic carbocycles. The number of rotatable bonds is 3. The molecular formula is C21H26N2O4. The van der Waals surface area contributed by atoms with Crippen LogP contribution in [0.15, 0.2) is 42.5 Å². The SMILES string of the molecule is CC(C)(C)OC(=O)N1CC[NH+]([C@@H](C(=O)[O-])c2ccc3ccccc3c2)CC1. The Balaban J connectivity index is 1.73. The van der Waals surface area contributed by atoms with Gasteiger partial charge in [-0.25, -0.2) is 4.79 Å². The lowest BCUT2D eigenvalue weighted by atomic mass is 10.00. The van der Waals surface area contributed by atoms with E-state index in [9.17, 15) is 14.7 Å². The number of fused-ring (bicyclic) bond motifs is 1. The van der Waals surface area contributed by atoms with Gasteiger partial charge in [-0.3, -0.25) is 4.90 Å². The van der Waals surface area contributed by atoms with Crippen LogP contribution in [0, 0.1) is 0 Å². The van der Waals surface area contributed by atoms with Crippen LogP contribution in [0.4, 0.5) is 4.79 Å². The highest BCUT2D eigenvalue weighted by atomic mass is 16.6. The van der Waals surface area contributed by atoms with Gasteiger partial charge in [0.15, 0.2) is 6.04 Å². The molecule has 6 heteroatoms. The Labute approximate surface area is 159 Å². The topological polar surface area (TPSA) is 74.1 Å². The molecular weight excluding hydrogens is 344 g/mol. The molecule has 1 atom stereocenters. The number of quaternary nitrogens is 1. The Kier molecular flexibility index (Phi) is 5.37. The number of amides is 1. The molecule has 1 N–H and O–H groups in total. The van der Waals surface area contributed by atoms with E-state index in [1.807, 2.05) is 63.2 Å². The Morgan fingerprint density at radius 3 is 2.30 bits per heavy atom. The lowest BCUT2D eigenvalue weighted by Gasteiger charge is -2.37. The third-order valence-electron chi connectivity index (χ3n) is 4.81. The summed E-state index contributed by atoms with van der Waals surface area (Å²) in [5.74, 6) is -1.09. The van der Waals surface area contributed by atoms with Gasteiger partial charge in [0.2, 0.25) is 0 Å². The molecule has 0 radical (unpaired) electrons. The highest BCUT2D eigenvalue weighted by Crippen LogP contribution is 2.19. The van der Waals surface area contributed by atoms with Gasteiger partial charge in [-0.15, -0.1) is 0 Å². The van der Waals surface area contributed by atoms with Gasteiger partial charge in [-0.1, -0.05) is 36.4 Å². The summed E-state index contributed by atoms with van der Waals surface area (Å²) in [5, 5.41) is 14.0. The standard InChI is InChI=1S/C21H26N2O4/c1-21(2,3)27-20(26)23-12-10-22(11-13-23)18(19(24)25)17-9-8-15-6-4-5-7-16(15)14-17/h4-9,14,18H,10-13H2,1-3H3,(H,24,25)/t18-/m1/s1. The number of hydrogen-bond acceptors (Lipinski definition) is 4. The zero-order valence-corrected chi connectivity index (χ0v) is 16.0. The van der Waals surface area contributed by atoms with Gasteiger partial charge in [-0.2, -0.15) is 0 Å². The number of aliphatic carboxylic acids is 1. The van der Waals surface area contributed by atoms with E-state index >= 15 is 0 Å². The van der Waals surface area contributed by atoms with Gasteiger partial charge in [0.1, 0.15) is 11.6 Å². The molecule has 144 valence electrons. The van der Waals surface area contributed by atoms with Crippen LogP contribution in [-0.4, -0.2) is 48.7 Å². The maximum absolute atomic E-state index is 12.2. The lowest BCUT2D eigenvalue weighted by Crippen LogP contribution is -3.16. The van der Waals surface area contributed by atoms with E-state index in [0.29, 0.717) is 26.2 Å². The molecule has 0 unspecified atom stereocenters. The van der Waals surface area contributed by atoms with Crippen molar-refractivity contribution in [2.24, 2.45) is 0 Å². The second kappa shape index (κ2) is 7.56. The molecule has 0 spiro atoms. The Morgan fingerprint density at radius 2 is 1.70 bits per heavy atom. The van der Waals surface area contributed by atoms with Crippen LogP contribution in [0.3, 0.4) is 0 Å². The average Bonchev–Trinajstić information content (AvgIpc) is 2.60. The molecule has 1 aliphatic rings. The average molecular weight is 370 g/mol. The molecule has 0 aromatic heterocycles. The molecule has 1 saturated heterocycles. The highest BCUT2D eigenvalue weighted by Gasteiger charge is 2.33. The number of carboxylic acid groups (broad SMARTS) is 1.